The van der Waals surface area contributed by atoms with Gasteiger partial charge in [-0.15, -0.1) is 0 Å². The van der Waals surface area contributed by atoms with E-state index in [1.54, 1.807) is 7.05 Å². The molecule has 0 amide bonds. The smallest absolute Gasteiger partial charge is 0.230 e. The van der Waals surface area contributed by atoms with Gasteiger partial charge in [-0.25, -0.2) is 21.2 Å². The molecule has 220 valence electrons. The molecule has 0 aliphatic heterocycles. The van der Waals surface area contributed by atoms with Gasteiger partial charge in [0.25, 0.3) is 0 Å². The Balaban J connectivity index is 0.000000363. The Morgan fingerprint density at radius 3 is 1.68 bits per heavy atom. The second-order valence-corrected chi connectivity index (χ2v) is 14.9. The highest BCUT2D eigenvalue weighted by Gasteiger charge is 2.49. The van der Waals surface area contributed by atoms with Crippen LogP contribution < -0.4 is 0 Å². The van der Waals surface area contributed by atoms with Gasteiger partial charge in [0.2, 0.25) is 14.8 Å². The lowest BCUT2D eigenvalue weighted by Crippen LogP contribution is -2.40. The van der Waals surface area contributed by atoms with Crippen LogP contribution >= 0.6 is 23.2 Å². The third-order valence-electron chi connectivity index (χ3n) is 7.25. The van der Waals surface area contributed by atoms with Crippen LogP contribution in [0.2, 0.25) is 10.3 Å². The number of nitrogens with zero attached hydrogens (tertiary/aromatic N) is 4. The Bertz CT molecular complexity index is 1250. The van der Waals surface area contributed by atoms with Gasteiger partial charge >= 0.3 is 0 Å². The fourth-order valence-corrected chi connectivity index (χ4v) is 9.33. The molecule has 2 saturated carbocycles. The predicted molar refractivity (Wildman–Crippen MR) is 152 cm³/mol. The maximum atomic E-state index is 15.0. The van der Waals surface area contributed by atoms with Crippen molar-refractivity contribution >= 4 is 42.9 Å². The molecule has 2 aliphatic rings. The highest BCUT2D eigenvalue weighted by atomic mass is 35.5. The van der Waals surface area contributed by atoms with Crippen LogP contribution in [0.25, 0.3) is 0 Å². The fraction of sp³-hybridized carbons (Fsp3) is 0.760. The van der Waals surface area contributed by atoms with Crippen molar-refractivity contribution in [1.82, 2.24) is 19.6 Å². The molecule has 2 aromatic rings. The van der Waals surface area contributed by atoms with E-state index in [1.807, 2.05) is 0 Å². The van der Waals surface area contributed by atoms with E-state index in [0.29, 0.717) is 18.8 Å². The first-order valence-electron chi connectivity index (χ1n) is 12.3. The van der Waals surface area contributed by atoms with Gasteiger partial charge in [-0.05, 0) is 38.5 Å². The van der Waals surface area contributed by atoms with Crippen LogP contribution in [0.1, 0.15) is 86.0 Å². The van der Waals surface area contributed by atoms with Crippen molar-refractivity contribution < 1.29 is 21.2 Å². The normalized spacial score (nSPS) is 18.9. The van der Waals surface area contributed by atoms with Crippen LogP contribution in [-0.2, 0) is 33.8 Å². The lowest BCUT2D eigenvalue weighted by Gasteiger charge is -2.32. The van der Waals surface area contributed by atoms with Crippen LogP contribution in [0.5, 0.6) is 0 Å². The molecule has 1 unspecified atom stereocenters. The minimum Gasteiger partial charge on any atom is -0.256 e. The van der Waals surface area contributed by atoms with Crippen LogP contribution in [0.3, 0.4) is 0 Å². The van der Waals surface area contributed by atoms with Crippen molar-refractivity contribution in [3.8, 4) is 0 Å². The van der Waals surface area contributed by atoms with Crippen LogP contribution in [-0.4, -0.2) is 47.2 Å². The van der Waals surface area contributed by atoms with Crippen LogP contribution in [0.4, 0.5) is 4.39 Å². The second-order valence-electron chi connectivity index (χ2n) is 9.97. The Morgan fingerprint density at radius 1 is 0.842 bits per heavy atom. The Labute approximate surface area is 238 Å². The fourth-order valence-electron chi connectivity index (χ4n) is 5.17. The van der Waals surface area contributed by atoms with Gasteiger partial charge in [-0.1, -0.05) is 76.6 Å². The first kappa shape index (κ1) is 34.9. The lowest BCUT2D eigenvalue weighted by atomic mass is 9.86. The number of hydrogen-bond donors (Lipinski definition) is 0. The Morgan fingerprint density at radius 2 is 1.26 bits per heavy atom. The summed E-state index contributed by atoms with van der Waals surface area (Å²) in [7, 11) is -4.29. The summed E-state index contributed by atoms with van der Waals surface area (Å²) >= 11 is 11.4. The third kappa shape index (κ3) is 7.95. The van der Waals surface area contributed by atoms with Gasteiger partial charge in [-0.3, -0.25) is 9.36 Å². The number of aromatic nitrogens is 4. The Kier molecular flexibility index (Phi) is 12.8. The summed E-state index contributed by atoms with van der Waals surface area (Å²) in [6.45, 7) is 1.17. The molecule has 0 saturated heterocycles. The molecule has 38 heavy (non-hydrogen) atoms. The van der Waals surface area contributed by atoms with Crippen molar-refractivity contribution in [1.29, 1.82) is 0 Å². The first-order chi connectivity index (χ1) is 16.8. The number of hydrogen-bond acceptors (Lipinski definition) is 6. The molecular weight excluding hydrogens is 574 g/mol. The standard InChI is InChI=1S/C12H18ClFN2O2S.C11H17ClN2O2S.2CH4/c1-12(14,9-6-4-3-5-7-9)19(17,18)11-8-10(13)15-16(11)2;1-14-11(7-10(12)13-14)17(15,16)8-9-5-3-2-4-6-9;;/h8-9H,3-7H2,1-2H3;7,9H,2-6,8H2,1H3;2*1H4. The zero-order valence-electron chi connectivity index (χ0n) is 21.0. The lowest BCUT2D eigenvalue weighted by molar-refractivity contribution is 0.152. The minimum absolute atomic E-state index is 0. The summed E-state index contributed by atoms with van der Waals surface area (Å²) in [5, 5.41) is 5.73. The van der Waals surface area contributed by atoms with E-state index in [2.05, 4.69) is 10.2 Å². The highest BCUT2D eigenvalue weighted by molar-refractivity contribution is 7.92. The summed E-state index contributed by atoms with van der Waals surface area (Å²) < 4.78 is 66.8. The summed E-state index contributed by atoms with van der Waals surface area (Å²) in [4.78, 5) is 0. The highest BCUT2D eigenvalue weighted by Crippen LogP contribution is 2.41. The maximum absolute atomic E-state index is 15.0. The van der Waals surface area contributed by atoms with E-state index < -0.39 is 30.6 Å². The Hall–Kier alpha value is -1.17. The van der Waals surface area contributed by atoms with Gasteiger partial charge in [0.15, 0.2) is 30.2 Å². The molecule has 0 spiro atoms. The van der Waals surface area contributed by atoms with Crippen molar-refractivity contribution in [2.24, 2.45) is 25.9 Å². The molecule has 2 heterocycles. The minimum atomic E-state index is -4.10. The molecule has 1 atom stereocenters. The maximum Gasteiger partial charge on any atom is 0.230 e. The predicted octanol–water partition coefficient (Wildman–Crippen LogP) is 6.81. The summed E-state index contributed by atoms with van der Waals surface area (Å²) in [6.07, 6.45) is 9.58. The van der Waals surface area contributed by atoms with Crippen molar-refractivity contribution in [3.63, 3.8) is 0 Å². The van der Waals surface area contributed by atoms with Crippen LogP contribution in [0, 0.1) is 11.8 Å². The number of halogens is 3. The zero-order valence-corrected chi connectivity index (χ0v) is 24.1. The summed E-state index contributed by atoms with van der Waals surface area (Å²) in [5.74, 6) is 0.0606. The number of aryl methyl sites for hydroxylation is 2. The zero-order chi connectivity index (χ0) is 26.7. The molecule has 0 radical (unpaired) electrons. The van der Waals surface area contributed by atoms with Crippen molar-refractivity contribution in [2.75, 3.05) is 5.75 Å². The largest absolute Gasteiger partial charge is 0.256 e. The van der Waals surface area contributed by atoms with E-state index >= 15 is 0 Å². The number of sulfone groups is 2. The average Bonchev–Trinajstić information content (AvgIpc) is 3.35. The topological polar surface area (TPSA) is 104 Å². The van der Waals surface area contributed by atoms with Crippen molar-refractivity contribution in [3.05, 3.63) is 22.4 Å². The number of rotatable bonds is 6. The van der Waals surface area contributed by atoms with Crippen LogP contribution in [0.15, 0.2) is 22.2 Å². The molecular formula is C25H43Cl2FN4O4S2. The van der Waals surface area contributed by atoms with Gasteiger partial charge < -0.3 is 0 Å². The first-order valence-corrected chi connectivity index (χ1v) is 16.2. The van der Waals surface area contributed by atoms with E-state index in [0.717, 1.165) is 49.6 Å². The number of alkyl halides is 1. The SMILES string of the molecule is C.C.Cn1nc(Cl)cc1S(=O)(=O)C(C)(F)C1CCCCC1.Cn1nc(Cl)cc1S(=O)(=O)CC1CCCCC1. The molecule has 4 rings (SSSR count). The van der Waals surface area contributed by atoms with Gasteiger partial charge in [0, 0.05) is 32.1 Å². The molecule has 0 aromatic carbocycles. The van der Waals surface area contributed by atoms with E-state index in [4.69, 9.17) is 23.2 Å². The average molecular weight is 618 g/mol. The molecule has 0 N–H and O–H groups in total. The summed E-state index contributed by atoms with van der Waals surface area (Å²) in [5.41, 5.74) is 0. The quantitative estimate of drug-likeness (QED) is 0.353. The third-order valence-corrected chi connectivity index (χ3v) is 11.9. The monoisotopic (exact) mass is 616 g/mol. The van der Waals surface area contributed by atoms with Gasteiger partial charge in [0.05, 0.1) is 5.75 Å². The van der Waals surface area contributed by atoms with Crippen molar-refractivity contribution in [2.45, 2.75) is 101 Å². The summed E-state index contributed by atoms with van der Waals surface area (Å²) in [6, 6.07) is 2.64. The molecule has 2 fully saturated rings. The molecule has 13 heteroatoms. The molecule has 0 bridgehead atoms. The molecule has 2 aliphatic carbocycles. The van der Waals surface area contributed by atoms with Gasteiger partial charge in [0.1, 0.15) is 0 Å². The van der Waals surface area contributed by atoms with E-state index in [9.17, 15) is 21.2 Å². The van der Waals surface area contributed by atoms with E-state index in [1.165, 1.54) is 37.2 Å². The molecule has 8 nitrogen and oxygen atoms in total. The van der Waals surface area contributed by atoms with Gasteiger partial charge in [-0.2, -0.15) is 10.2 Å². The second kappa shape index (κ2) is 13.9. The van der Waals surface area contributed by atoms with E-state index in [-0.39, 0.29) is 41.0 Å². The molecule has 2 aromatic heterocycles.